The zero-order valence-corrected chi connectivity index (χ0v) is 8.42. The van der Waals surface area contributed by atoms with Crippen molar-refractivity contribution in [2.24, 2.45) is 17.4 Å². The summed E-state index contributed by atoms with van der Waals surface area (Å²) in [6, 6.07) is 0. The molecule has 0 aromatic carbocycles. The average Bonchev–Trinajstić information content (AvgIpc) is 2.11. The normalized spacial score (nSPS) is 21.1. The van der Waals surface area contributed by atoms with E-state index in [1.54, 1.807) is 12.2 Å². The van der Waals surface area contributed by atoms with Gasteiger partial charge in [0.1, 0.15) is 4.86 Å². The third-order valence-electron chi connectivity index (χ3n) is 2.04. The number of rotatable bonds is 2. The molecule has 1 rings (SSSR count). The van der Waals surface area contributed by atoms with Crippen LogP contribution in [-0.4, -0.2) is 13.3 Å². The first-order chi connectivity index (χ1) is 6.57. The second-order valence-corrected chi connectivity index (χ2v) is 3.87. The molecule has 1 unspecified atom stereocenters. The van der Waals surface area contributed by atoms with Crippen LogP contribution in [0.1, 0.15) is 6.42 Å². The smallest absolute Gasteiger partial charge is 0.220 e. The molecule has 1 aliphatic carbocycles. The first kappa shape index (κ1) is 10.6. The van der Waals surface area contributed by atoms with Crippen LogP contribution in [-0.2, 0) is 10.3 Å². The van der Waals surface area contributed by atoms with E-state index >= 15 is 0 Å². The highest BCUT2D eigenvalue weighted by Crippen LogP contribution is 2.20. The van der Waals surface area contributed by atoms with Gasteiger partial charge in [0, 0.05) is 11.6 Å². The van der Waals surface area contributed by atoms with E-state index in [2.05, 4.69) is 6.58 Å². The van der Waals surface area contributed by atoms with Crippen LogP contribution in [0.25, 0.3) is 0 Å². The molecule has 0 aromatic heterocycles. The molecule has 4 N–H and O–H groups in total. The molecule has 0 fully saturated rings. The summed E-state index contributed by atoms with van der Waals surface area (Å²) in [5, 5.41) is 0. The van der Waals surface area contributed by atoms with Crippen molar-refractivity contribution >= 4 is 15.2 Å². The summed E-state index contributed by atoms with van der Waals surface area (Å²) in [4.78, 5) is 0.157. The minimum Gasteiger partial charge on any atom is -0.401 e. The predicted molar refractivity (Wildman–Crippen MR) is 56.8 cm³/mol. The second kappa shape index (κ2) is 4.15. The van der Waals surface area contributed by atoms with Gasteiger partial charge in [0.15, 0.2) is 0 Å². The van der Waals surface area contributed by atoms with Crippen molar-refractivity contribution in [1.29, 1.82) is 0 Å². The summed E-state index contributed by atoms with van der Waals surface area (Å²) in [5.74, 6) is -0.365. The lowest BCUT2D eigenvalue weighted by Gasteiger charge is -2.19. The Morgan fingerprint density at radius 3 is 2.57 bits per heavy atom. The van der Waals surface area contributed by atoms with Crippen molar-refractivity contribution in [1.82, 2.24) is 0 Å². The Balaban J connectivity index is 3.27. The van der Waals surface area contributed by atoms with Crippen LogP contribution in [0.2, 0.25) is 0 Å². The largest absolute Gasteiger partial charge is 0.401 e. The third kappa shape index (κ3) is 1.88. The third-order valence-corrected chi connectivity index (χ3v) is 2.92. The van der Waals surface area contributed by atoms with Gasteiger partial charge < -0.3 is 11.5 Å². The first-order valence-corrected chi connectivity index (χ1v) is 5.15. The van der Waals surface area contributed by atoms with Crippen molar-refractivity contribution < 1.29 is 8.42 Å². The molecule has 1 aliphatic rings. The molecule has 0 saturated heterocycles. The molecule has 0 aromatic rings. The fraction of sp³-hybridized carbons (Fsp3) is 0.222. The molecule has 0 saturated carbocycles. The lowest BCUT2D eigenvalue weighted by atomic mass is 9.92. The number of allylic oxidation sites excluding steroid dienone is 5. The van der Waals surface area contributed by atoms with Gasteiger partial charge in [-0.2, -0.15) is 8.42 Å². The average molecular weight is 212 g/mol. The van der Waals surface area contributed by atoms with Gasteiger partial charge in [0.05, 0.1) is 5.70 Å². The summed E-state index contributed by atoms with van der Waals surface area (Å²) >= 11 is 0. The Labute approximate surface area is 84.1 Å². The molecule has 1 atom stereocenters. The molecule has 0 spiro atoms. The number of nitrogens with two attached hydrogens (primary N) is 2. The molecular formula is C9H12N2O2S. The van der Waals surface area contributed by atoms with E-state index in [1.807, 2.05) is 0 Å². The number of hydrogen-bond acceptors (Lipinski definition) is 4. The van der Waals surface area contributed by atoms with Gasteiger partial charge in [-0.3, -0.25) is 0 Å². The van der Waals surface area contributed by atoms with Crippen molar-refractivity contribution in [2.75, 3.05) is 0 Å². The Morgan fingerprint density at radius 2 is 2.07 bits per heavy atom. The Morgan fingerprint density at radius 1 is 1.43 bits per heavy atom. The highest BCUT2D eigenvalue weighted by atomic mass is 32.2. The highest BCUT2D eigenvalue weighted by Gasteiger charge is 2.23. The molecule has 0 aliphatic heterocycles. The lowest BCUT2D eigenvalue weighted by molar-refractivity contribution is 0.625. The van der Waals surface area contributed by atoms with Gasteiger partial charge in [-0.05, 0) is 18.6 Å². The molecule has 4 nitrogen and oxygen atoms in total. The van der Waals surface area contributed by atoms with Gasteiger partial charge >= 0.3 is 0 Å². The molecule has 76 valence electrons. The Bertz CT molecular complexity index is 435. The Hall–Kier alpha value is -1.49. The standard InChI is InChI=1S/C9H12N2O2S/c1-2-3-6-7(10)4-5-8(11)9(6)14(12)13/h2,4-6H,1,3,10-11H2. The monoisotopic (exact) mass is 212 g/mol. The van der Waals surface area contributed by atoms with E-state index < -0.39 is 10.3 Å². The fourth-order valence-electron chi connectivity index (χ4n) is 1.36. The molecule has 14 heavy (non-hydrogen) atoms. The zero-order chi connectivity index (χ0) is 10.7. The van der Waals surface area contributed by atoms with Gasteiger partial charge in [-0.25, -0.2) is 0 Å². The molecule has 0 radical (unpaired) electrons. The number of hydrogen-bond donors (Lipinski definition) is 2. The summed E-state index contributed by atoms with van der Waals surface area (Å²) in [6.07, 6.45) is 5.22. The zero-order valence-electron chi connectivity index (χ0n) is 7.60. The van der Waals surface area contributed by atoms with Crippen molar-refractivity contribution in [3.8, 4) is 0 Å². The highest BCUT2D eigenvalue weighted by molar-refractivity contribution is 7.73. The SMILES string of the molecule is C=CCC1C(N)=CC=C(N)C1=S(=O)=O. The Kier molecular flexibility index (Phi) is 3.14. The van der Waals surface area contributed by atoms with Crippen LogP contribution in [0.5, 0.6) is 0 Å². The summed E-state index contributed by atoms with van der Waals surface area (Å²) in [5.41, 5.74) is 12.0. The van der Waals surface area contributed by atoms with E-state index in [0.717, 1.165) is 0 Å². The minimum absolute atomic E-state index is 0.157. The van der Waals surface area contributed by atoms with Crippen molar-refractivity contribution in [2.45, 2.75) is 6.42 Å². The van der Waals surface area contributed by atoms with Crippen molar-refractivity contribution in [3.63, 3.8) is 0 Å². The molecular weight excluding hydrogens is 200 g/mol. The quantitative estimate of drug-likeness (QED) is 0.495. The first-order valence-electron chi connectivity index (χ1n) is 4.08. The van der Waals surface area contributed by atoms with E-state index in [1.165, 1.54) is 6.08 Å². The molecule has 0 amide bonds. The fourth-order valence-corrected chi connectivity index (χ4v) is 2.08. The summed E-state index contributed by atoms with van der Waals surface area (Å²) in [7, 11) is -2.33. The maximum absolute atomic E-state index is 10.9. The molecule has 5 heteroatoms. The summed E-state index contributed by atoms with van der Waals surface area (Å²) in [6.45, 7) is 3.55. The molecule has 0 heterocycles. The van der Waals surface area contributed by atoms with Gasteiger partial charge in [-0.1, -0.05) is 6.08 Å². The van der Waals surface area contributed by atoms with Gasteiger partial charge in [0.25, 0.3) is 0 Å². The van der Waals surface area contributed by atoms with E-state index in [9.17, 15) is 8.42 Å². The van der Waals surface area contributed by atoms with Crippen LogP contribution in [0.15, 0.2) is 36.2 Å². The topological polar surface area (TPSA) is 86.2 Å². The maximum Gasteiger partial charge on any atom is 0.220 e. The van der Waals surface area contributed by atoms with Crippen molar-refractivity contribution in [3.05, 3.63) is 36.2 Å². The van der Waals surface area contributed by atoms with E-state index in [-0.39, 0.29) is 16.5 Å². The lowest BCUT2D eigenvalue weighted by Crippen LogP contribution is -2.29. The predicted octanol–water partition coefficient (Wildman–Crippen LogP) is -0.0710. The maximum atomic E-state index is 10.9. The van der Waals surface area contributed by atoms with Crippen LogP contribution in [0.3, 0.4) is 0 Å². The van der Waals surface area contributed by atoms with Crippen LogP contribution < -0.4 is 11.5 Å². The van der Waals surface area contributed by atoms with Crippen LogP contribution in [0.4, 0.5) is 0 Å². The molecule has 0 bridgehead atoms. The minimum atomic E-state index is -2.33. The van der Waals surface area contributed by atoms with Gasteiger partial charge in [0.2, 0.25) is 10.3 Å². The van der Waals surface area contributed by atoms with Crippen LogP contribution in [0, 0.1) is 5.92 Å². The second-order valence-electron chi connectivity index (χ2n) is 2.96. The van der Waals surface area contributed by atoms with E-state index in [0.29, 0.717) is 12.1 Å². The summed E-state index contributed by atoms with van der Waals surface area (Å²) < 4.78 is 21.8. The van der Waals surface area contributed by atoms with Gasteiger partial charge in [-0.15, -0.1) is 6.58 Å². The van der Waals surface area contributed by atoms with E-state index in [4.69, 9.17) is 11.5 Å². The van der Waals surface area contributed by atoms with Crippen LogP contribution >= 0.6 is 0 Å².